The van der Waals surface area contributed by atoms with Crippen molar-refractivity contribution in [3.8, 4) is 0 Å². The summed E-state index contributed by atoms with van der Waals surface area (Å²) in [5.74, 6) is 0.261. The highest BCUT2D eigenvalue weighted by Crippen LogP contribution is 2.25. The molecule has 1 aliphatic heterocycles. The van der Waals surface area contributed by atoms with Gasteiger partial charge in [0.05, 0.1) is 4.88 Å². The van der Waals surface area contributed by atoms with Crippen molar-refractivity contribution in [2.24, 2.45) is 5.92 Å². The van der Waals surface area contributed by atoms with Crippen LogP contribution < -0.4 is 5.32 Å². The Kier molecular flexibility index (Phi) is 5.43. The Balaban J connectivity index is 1.52. The van der Waals surface area contributed by atoms with Crippen molar-refractivity contribution < 1.29 is 13.2 Å². The minimum absolute atomic E-state index is 0.0513. The topological polar surface area (TPSA) is 69.7 Å². The van der Waals surface area contributed by atoms with Crippen LogP contribution in [0.2, 0.25) is 0 Å². The van der Waals surface area contributed by atoms with Gasteiger partial charge in [-0.15, -0.1) is 11.3 Å². The molecule has 6 nitrogen and oxygen atoms in total. The number of fused-ring (bicyclic) bond motifs is 1. The van der Waals surface area contributed by atoms with Crippen LogP contribution in [0.1, 0.15) is 22.5 Å². The number of hydrogen-bond acceptors (Lipinski definition) is 4. The number of piperidine rings is 1. The van der Waals surface area contributed by atoms with E-state index in [1.807, 2.05) is 30.3 Å². The monoisotopic (exact) mass is 381 g/mol. The Hall–Kier alpha value is -1.48. The normalized spacial score (nSPS) is 17.2. The Bertz CT molecular complexity index is 820. The number of amides is 1. The second-order valence-corrected chi connectivity index (χ2v) is 9.72. The number of benzene rings is 1. The van der Waals surface area contributed by atoms with Gasteiger partial charge in [0.2, 0.25) is 0 Å². The summed E-state index contributed by atoms with van der Waals surface area (Å²) >= 11 is 1.49. The smallest absolute Gasteiger partial charge is 0.281 e. The fraction of sp³-hybridized carbons (Fsp3) is 0.471. The molecule has 2 heterocycles. The number of nitrogens with zero attached hydrogens (tertiary/aromatic N) is 2. The summed E-state index contributed by atoms with van der Waals surface area (Å²) in [6, 6.07) is 9.87. The first-order chi connectivity index (χ1) is 11.9. The van der Waals surface area contributed by atoms with Gasteiger partial charge in [0, 0.05) is 38.4 Å². The largest absolute Gasteiger partial charge is 0.351 e. The minimum Gasteiger partial charge on any atom is -0.351 e. The van der Waals surface area contributed by atoms with Gasteiger partial charge >= 0.3 is 0 Å². The van der Waals surface area contributed by atoms with E-state index in [0.717, 1.165) is 22.9 Å². The Morgan fingerprint density at radius 3 is 2.60 bits per heavy atom. The quantitative estimate of drug-likeness (QED) is 0.863. The third kappa shape index (κ3) is 4.03. The molecule has 2 aromatic rings. The average Bonchev–Trinajstić information content (AvgIpc) is 3.04. The molecule has 0 bridgehead atoms. The summed E-state index contributed by atoms with van der Waals surface area (Å²) in [5.41, 5.74) is 0. The molecule has 1 N–H and O–H groups in total. The molecule has 1 saturated heterocycles. The van der Waals surface area contributed by atoms with Crippen molar-refractivity contribution in [3.63, 3.8) is 0 Å². The summed E-state index contributed by atoms with van der Waals surface area (Å²) in [7, 11) is -0.235. The van der Waals surface area contributed by atoms with Crippen LogP contribution in [-0.2, 0) is 10.2 Å². The number of rotatable bonds is 5. The molecule has 0 unspecified atom stereocenters. The maximum absolute atomic E-state index is 12.4. The van der Waals surface area contributed by atoms with Crippen molar-refractivity contribution in [1.29, 1.82) is 0 Å². The van der Waals surface area contributed by atoms with Crippen LogP contribution in [0.15, 0.2) is 30.3 Å². The lowest BCUT2D eigenvalue weighted by molar-refractivity contribution is 0.0945. The molecule has 0 spiro atoms. The van der Waals surface area contributed by atoms with E-state index in [2.05, 4.69) is 5.32 Å². The van der Waals surface area contributed by atoms with Crippen LogP contribution in [0.25, 0.3) is 10.1 Å². The predicted molar refractivity (Wildman–Crippen MR) is 101 cm³/mol. The molecular formula is C17H23N3O3S2. The van der Waals surface area contributed by atoms with Gasteiger partial charge in [0.15, 0.2) is 0 Å². The van der Waals surface area contributed by atoms with Crippen LogP contribution >= 0.6 is 11.3 Å². The second-order valence-electron chi connectivity index (χ2n) is 6.49. The first-order valence-electron chi connectivity index (χ1n) is 8.32. The maximum atomic E-state index is 12.4. The fourth-order valence-electron chi connectivity index (χ4n) is 2.99. The summed E-state index contributed by atoms with van der Waals surface area (Å²) in [4.78, 5) is 13.1. The molecule has 1 aromatic carbocycles. The molecule has 0 aliphatic carbocycles. The van der Waals surface area contributed by atoms with Crippen LogP contribution in [0.4, 0.5) is 0 Å². The third-order valence-corrected chi connectivity index (χ3v) is 7.62. The summed E-state index contributed by atoms with van der Waals surface area (Å²) in [6.45, 7) is 1.59. The Morgan fingerprint density at radius 2 is 1.96 bits per heavy atom. The molecule has 1 aliphatic rings. The van der Waals surface area contributed by atoms with Gasteiger partial charge in [-0.25, -0.2) is 0 Å². The SMILES string of the molecule is CN(C)S(=O)(=O)N1CCC(CNC(=O)c2cc3ccccc3s2)CC1. The molecule has 0 saturated carbocycles. The molecule has 0 atom stereocenters. The average molecular weight is 382 g/mol. The van der Waals surface area contributed by atoms with Crippen molar-refractivity contribution in [2.75, 3.05) is 33.7 Å². The van der Waals surface area contributed by atoms with E-state index in [1.165, 1.54) is 19.9 Å². The zero-order valence-corrected chi connectivity index (χ0v) is 16.1. The van der Waals surface area contributed by atoms with E-state index >= 15 is 0 Å². The highest BCUT2D eigenvalue weighted by molar-refractivity contribution is 7.86. The van der Waals surface area contributed by atoms with Gasteiger partial charge in [-0.1, -0.05) is 18.2 Å². The van der Waals surface area contributed by atoms with Crippen LogP contribution in [0, 0.1) is 5.92 Å². The number of hydrogen-bond donors (Lipinski definition) is 1. The highest BCUT2D eigenvalue weighted by Gasteiger charge is 2.29. The highest BCUT2D eigenvalue weighted by atomic mass is 32.2. The van der Waals surface area contributed by atoms with Crippen molar-refractivity contribution in [2.45, 2.75) is 12.8 Å². The van der Waals surface area contributed by atoms with Gasteiger partial charge < -0.3 is 5.32 Å². The molecule has 25 heavy (non-hydrogen) atoms. The lowest BCUT2D eigenvalue weighted by Crippen LogP contribution is -2.45. The first-order valence-corrected chi connectivity index (χ1v) is 10.5. The van der Waals surface area contributed by atoms with E-state index in [1.54, 1.807) is 14.1 Å². The summed E-state index contributed by atoms with van der Waals surface area (Å²) < 4.78 is 28.1. The van der Waals surface area contributed by atoms with Gasteiger partial charge in [0.1, 0.15) is 0 Å². The molecule has 136 valence electrons. The molecule has 1 fully saturated rings. The lowest BCUT2D eigenvalue weighted by Gasteiger charge is -2.32. The van der Waals surface area contributed by atoms with Crippen LogP contribution in [0.3, 0.4) is 0 Å². The Morgan fingerprint density at radius 1 is 1.28 bits per heavy atom. The molecule has 0 radical (unpaired) electrons. The van der Waals surface area contributed by atoms with E-state index < -0.39 is 10.2 Å². The van der Waals surface area contributed by atoms with E-state index in [4.69, 9.17) is 0 Å². The standard InChI is InChI=1S/C17H23N3O3S2/c1-19(2)25(22,23)20-9-7-13(8-10-20)12-18-17(21)16-11-14-5-3-4-6-15(14)24-16/h3-6,11,13H,7-10,12H2,1-2H3,(H,18,21). The predicted octanol–water partition coefficient (Wildman–Crippen LogP) is 2.15. The van der Waals surface area contributed by atoms with E-state index in [0.29, 0.717) is 30.4 Å². The van der Waals surface area contributed by atoms with Crippen LogP contribution in [0.5, 0.6) is 0 Å². The molecule has 1 aromatic heterocycles. The number of carbonyl (C=O) groups excluding carboxylic acids is 1. The zero-order valence-electron chi connectivity index (χ0n) is 14.4. The van der Waals surface area contributed by atoms with Gasteiger partial charge in [-0.3, -0.25) is 4.79 Å². The van der Waals surface area contributed by atoms with Crippen LogP contribution in [-0.4, -0.2) is 56.7 Å². The molecular weight excluding hydrogens is 358 g/mol. The third-order valence-electron chi connectivity index (χ3n) is 4.56. The summed E-state index contributed by atoms with van der Waals surface area (Å²) in [5, 5.41) is 4.08. The van der Waals surface area contributed by atoms with Gasteiger partial charge in [-0.2, -0.15) is 17.0 Å². The van der Waals surface area contributed by atoms with E-state index in [-0.39, 0.29) is 5.91 Å². The maximum Gasteiger partial charge on any atom is 0.281 e. The zero-order chi connectivity index (χ0) is 18.0. The number of thiophene rings is 1. The van der Waals surface area contributed by atoms with Crippen molar-refractivity contribution in [1.82, 2.24) is 13.9 Å². The van der Waals surface area contributed by atoms with Crippen molar-refractivity contribution >= 4 is 37.5 Å². The molecule has 1 amide bonds. The van der Waals surface area contributed by atoms with E-state index in [9.17, 15) is 13.2 Å². The second kappa shape index (κ2) is 7.41. The lowest BCUT2D eigenvalue weighted by atomic mass is 9.98. The molecule has 3 rings (SSSR count). The Labute approximate surface area is 152 Å². The van der Waals surface area contributed by atoms with Gasteiger partial charge in [-0.05, 0) is 36.3 Å². The molecule has 8 heteroatoms. The number of carbonyl (C=O) groups is 1. The first kappa shape index (κ1) is 18.3. The summed E-state index contributed by atoms with van der Waals surface area (Å²) in [6.07, 6.45) is 1.53. The number of nitrogens with one attached hydrogen (secondary N) is 1. The van der Waals surface area contributed by atoms with Crippen molar-refractivity contribution in [3.05, 3.63) is 35.2 Å². The van der Waals surface area contributed by atoms with Gasteiger partial charge in [0.25, 0.3) is 16.1 Å². The fourth-order valence-corrected chi connectivity index (χ4v) is 5.11. The minimum atomic E-state index is -3.33.